The Morgan fingerprint density at radius 1 is 1.00 bits per heavy atom. The maximum Gasteiger partial charge on any atom is 0.303 e. The van der Waals surface area contributed by atoms with Gasteiger partial charge in [0, 0.05) is 26.6 Å². The lowest BCUT2D eigenvalue weighted by Crippen LogP contribution is -2.02. The Bertz CT molecular complexity index is 929. The third-order valence-corrected chi connectivity index (χ3v) is 5.00. The normalized spacial score (nSPS) is 11.0. The molecule has 0 atom stereocenters. The highest BCUT2D eigenvalue weighted by Gasteiger charge is 2.07. The molecule has 0 saturated carbocycles. The SMILES string of the molecule is O=C(O)CCCCCOc1ccc2sc3ccccc3c(=O)c2c1. The summed E-state index contributed by atoms with van der Waals surface area (Å²) >= 11 is 1.60. The van der Waals surface area contributed by atoms with E-state index in [4.69, 9.17) is 9.84 Å². The minimum absolute atomic E-state index is 0.0336. The number of unbranched alkanes of at least 4 members (excludes halogenated alkanes) is 2. The van der Waals surface area contributed by atoms with Gasteiger partial charge in [0.15, 0.2) is 5.43 Å². The standard InChI is InChI=1S/C19H18O4S/c20-18(21)8-2-1-5-11-23-13-9-10-17-15(12-13)19(22)14-6-3-4-7-16(14)24-17/h3-4,6-7,9-10,12H,1-2,5,8,11H2,(H,20,21). The fraction of sp³-hybridized carbons (Fsp3) is 0.263. The van der Waals surface area contributed by atoms with E-state index in [0.29, 0.717) is 24.2 Å². The monoisotopic (exact) mass is 342 g/mol. The summed E-state index contributed by atoms with van der Waals surface area (Å²) < 4.78 is 7.65. The first-order valence-corrected chi connectivity index (χ1v) is 8.77. The van der Waals surface area contributed by atoms with Gasteiger partial charge in [-0.05, 0) is 49.6 Å². The molecule has 5 heteroatoms. The van der Waals surface area contributed by atoms with E-state index in [1.165, 1.54) is 0 Å². The second-order valence-electron chi connectivity index (χ2n) is 5.64. The van der Waals surface area contributed by atoms with Crippen LogP contribution in [0.5, 0.6) is 5.75 Å². The Kier molecular flexibility index (Phi) is 5.11. The van der Waals surface area contributed by atoms with E-state index >= 15 is 0 Å². The minimum Gasteiger partial charge on any atom is -0.494 e. The van der Waals surface area contributed by atoms with Gasteiger partial charge in [-0.25, -0.2) is 0 Å². The molecule has 0 fully saturated rings. The van der Waals surface area contributed by atoms with Gasteiger partial charge < -0.3 is 9.84 Å². The summed E-state index contributed by atoms with van der Waals surface area (Å²) in [6.07, 6.45) is 2.48. The summed E-state index contributed by atoms with van der Waals surface area (Å²) in [5.74, 6) is -0.0813. The predicted octanol–water partition coefficient (Wildman–Crippen LogP) is 4.44. The van der Waals surface area contributed by atoms with Crippen molar-refractivity contribution >= 4 is 37.5 Å². The lowest BCUT2D eigenvalue weighted by Gasteiger charge is -2.07. The number of hydrogen-bond donors (Lipinski definition) is 1. The van der Waals surface area contributed by atoms with Crippen LogP contribution in [-0.4, -0.2) is 17.7 Å². The van der Waals surface area contributed by atoms with Crippen LogP contribution in [-0.2, 0) is 4.79 Å². The molecule has 0 aliphatic carbocycles. The van der Waals surface area contributed by atoms with Crippen LogP contribution in [0.4, 0.5) is 0 Å². The summed E-state index contributed by atoms with van der Waals surface area (Å²) in [4.78, 5) is 23.1. The molecule has 1 heterocycles. The van der Waals surface area contributed by atoms with Gasteiger partial charge in [-0.3, -0.25) is 9.59 Å². The number of aliphatic carboxylic acids is 1. The van der Waals surface area contributed by atoms with E-state index in [0.717, 1.165) is 27.6 Å². The van der Waals surface area contributed by atoms with Crippen LogP contribution in [0.15, 0.2) is 47.3 Å². The van der Waals surface area contributed by atoms with Gasteiger partial charge in [-0.1, -0.05) is 12.1 Å². The molecule has 0 amide bonds. The average molecular weight is 342 g/mol. The zero-order chi connectivity index (χ0) is 16.9. The van der Waals surface area contributed by atoms with Crippen LogP contribution in [0.2, 0.25) is 0 Å². The molecule has 3 aromatic rings. The van der Waals surface area contributed by atoms with Crippen molar-refractivity contribution in [3.8, 4) is 5.75 Å². The molecule has 1 aromatic heterocycles. The molecule has 4 nitrogen and oxygen atoms in total. The number of carboxylic acid groups (broad SMARTS) is 1. The van der Waals surface area contributed by atoms with Gasteiger partial charge in [-0.2, -0.15) is 0 Å². The van der Waals surface area contributed by atoms with Crippen LogP contribution in [0, 0.1) is 0 Å². The Balaban J connectivity index is 1.72. The molecule has 0 saturated heterocycles. The van der Waals surface area contributed by atoms with Crippen LogP contribution in [0.25, 0.3) is 20.2 Å². The zero-order valence-electron chi connectivity index (χ0n) is 13.2. The topological polar surface area (TPSA) is 63.6 Å². The van der Waals surface area contributed by atoms with Gasteiger partial charge in [0.05, 0.1) is 6.61 Å². The Morgan fingerprint density at radius 2 is 1.79 bits per heavy atom. The highest BCUT2D eigenvalue weighted by molar-refractivity contribution is 7.24. The third kappa shape index (κ3) is 3.74. The molecule has 0 aliphatic heterocycles. The molecule has 3 rings (SSSR count). The van der Waals surface area contributed by atoms with E-state index in [1.807, 2.05) is 36.4 Å². The number of ether oxygens (including phenoxy) is 1. The van der Waals surface area contributed by atoms with Gasteiger partial charge >= 0.3 is 5.97 Å². The van der Waals surface area contributed by atoms with Crippen molar-refractivity contribution in [1.29, 1.82) is 0 Å². The molecule has 1 N–H and O–H groups in total. The number of rotatable bonds is 7. The average Bonchev–Trinajstić information content (AvgIpc) is 2.58. The highest BCUT2D eigenvalue weighted by Crippen LogP contribution is 2.27. The van der Waals surface area contributed by atoms with E-state index in [-0.39, 0.29) is 11.8 Å². The number of fused-ring (bicyclic) bond motifs is 2. The second kappa shape index (κ2) is 7.45. The van der Waals surface area contributed by atoms with Crippen LogP contribution in [0.3, 0.4) is 0 Å². The molecule has 0 aliphatic rings. The Labute approximate surface area is 143 Å². The lowest BCUT2D eigenvalue weighted by molar-refractivity contribution is -0.137. The van der Waals surface area contributed by atoms with E-state index in [1.54, 1.807) is 17.4 Å². The Morgan fingerprint density at radius 3 is 2.62 bits per heavy atom. The van der Waals surface area contributed by atoms with E-state index < -0.39 is 5.97 Å². The minimum atomic E-state index is -0.762. The first-order chi connectivity index (χ1) is 11.6. The van der Waals surface area contributed by atoms with E-state index in [9.17, 15) is 9.59 Å². The first-order valence-electron chi connectivity index (χ1n) is 7.95. The molecule has 0 bridgehead atoms. The number of carbonyl (C=O) groups is 1. The maximum atomic E-state index is 12.6. The highest BCUT2D eigenvalue weighted by atomic mass is 32.1. The molecule has 0 spiro atoms. The molecule has 24 heavy (non-hydrogen) atoms. The summed E-state index contributed by atoms with van der Waals surface area (Å²) in [7, 11) is 0. The molecule has 124 valence electrons. The summed E-state index contributed by atoms with van der Waals surface area (Å²) in [6.45, 7) is 0.524. The van der Waals surface area contributed by atoms with Crippen molar-refractivity contribution in [2.75, 3.05) is 6.61 Å². The van der Waals surface area contributed by atoms with Crippen molar-refractivity contribution in [3.05, 3.63) is 52.7 Å². The number of benzene rings is 2. The summed E-state index contributed by atoms with van der Waals surface area (Å²) in [5, 5.41) is 10.0. The van der Waals surface area contributed by atoms with Crippen LogP contribution in [0.1, 0.15) is 25.7 Å². The summed E-state index contributed by atoms with van der Waals surface area (Å²) in [5.41, 5.74) is 0.0336. The van der Waals surface area contributed by atoms with Gasteiger partial charge in [0.2, 0.25) is 0 Å². The Hall–Kier alpha value is -2.40. The molecule has 2 aromatic carbocycles. The third-order valence-electron chi connectivity index (χ3n) is 3.85. The number of hydrogen-bond acceptors (Lipinski definition) is 4. The fourth-order valence-electron chi connectivity index (χ4n) is 2.62. The maximum absolute atomic E-state index is 12.6. The lowest BCUT2D eigenvalue weighted by atomic mass is 10.2. The number of carboxylic acids is 1. The van der Waals surface area contributed by atoms with Crippen molar-refractivity contribution in [3.63, 3.8) is 0 Å². The largest absolute Gasteiger partial charge is 0.494 e. The smallest absolute Gasteiger partial charge is 0.303 e. The molecular formula is C19H18O4S. The van der Waals surface area contributed by atoms with Crippen molar-refractivity contribution in [2.24, 2.45) is 0 Å². The van der Waals surface area contributed by atoms with Crippen LogP contribution >= 0.6 is 11.3 Å². The quantitative estimate of drug-likeness (QED) is 0.509. The van der Waals surface area contributed by atoms with E-state index in [2.05, 4.69) is 0 Å². The van der Waals surface area contributed by atoms with Crippen molar-refractivity contribution < 1.29 is 14.6 Å². The molecular weight excluding hydrogens is 324 g/mol. The molecule has 0 unspecified atom stereocenters. The van der Waals surface area contributed by atoms with Crippen molar-refractivity contribution in [2.45, 2.75) is 25.7 Å². The van der Waals surface area contributed by atoms with Crippen LogP contribution < -0.4 is 10.2 Å². The van der Waals surface area contributed by atoms with Gasteiger partial charge in [0.1, 0.15) is 5.75 Å². The fourth-order valence-corrected chi connectivity index (χ4v) is 3.67. The molecule has 0 radical (unpaired) electrons. The first kappa shape index (κ1) is 16.5. The zero-order valence-corrected chi connectivity index (χ0v) is 14.0. The van der Waals surface area contributed by atoms with Crippen molar-refractivity contribution in [1.82, 2.24) is 0 Å². The second-order valence-corrected chi connectivity index (χ2v) is 6.72. The summed E-state index contributed by atoms with van der Waals surface area (Å²) in [6, 6.07) is 13.2. The van der Waals surface area contributed by atoms with Gasteiger partial charge in [0.25, 0.3) is 0 Å². The predicted molar refractivity (Wildman–Crippen MR) is 97.2 cm³/mol. The van der Waals surface area contributed by atoms with Gasteiger partial charge in [-0.15, -0.1) is 11.3 Å².